The Balaban J connectivity index is 1.84. The zero-order valence-electron chi connectivity index (χ0n) is 17.3. The molecular weight excluding hydrogens is 390 g/mol. The highest BCUT2D eigenvalue weighted by Gasteiger charge is 2.15. The summed E-state index contributed by atoms with van der Waals surface area (Å²) in [6.45, 7) is 4.16. The number of allylic oxidation sites excluding steroid dienone is 1. The van der Waals surface area contributed by atoms with E-state index in [1.54, 1.807) is 25.1 Å². The molecule has 5 nitrogen and oxygen atoms in total. The van der Waals surface area contributed by atoms with Crippen LogP contribution >= 0.6 is 0 Å². The summed E-state index contributed by atoms with van der Waals surface area (Å²) >= 11 is 0. The van der Waals surface area contributed by atoms with Crippen LogP contribution in [0.5, 0.6) is 0 Å². The van der Waals surface area contributed by atoms with Crippen molar-refractivity contribution in [3.8, 4) is 0 Å². The van der Waals surface area contributed by atoms with Gasteiger partial charge < -0.3 is 9.73 Å². The Kier molecular flexibility index (Phi) is 5.50. The number of benzene rings is 3. The summed E-state index contributed by atoms with van der Waals surface area (Å²) in [5.74, 6) is -0.579. The van der Waals surface area contributed by atoms with Crippen LogP contribution in [0.25, 0.3) is 27.8 Å². The Morgan fingerprint density at radius 3 is 2.42 bits per heavy atom. The van der Waals surface area contributed by atoms with Crippen LogP contribution in [-0.2, 0) is 0 Å². The molecule has 4 rings (SSSR count). The number of carbonyl (C=O) groups excluding carboxylic acids is 2. The molecule has 0 saturated heterocycles. The second-order valence-corrected chi connectivity index (χ2v) is 7.30. The summed E-state index contributed by atoms with van der Waals surface area (Å²) in [5.41, 5.74) is 2.17. The quantitative estimate of drug-likeness (QED) is 0.219. The van der Waals surface area contributed by atoms with Crippen molar-refractivity contribution >= 4 is 39.5 Å². The number of hydrogen-bond acceptors (Lipinski definition) is 4. The van der Waals surface area contributed by atoms with Crippen LogP contribution in [0.2, 0.25) is 0 Å². The van der Waals surface area contributed by atoms with Gasteiger partial charge in [0.05, 0.1) is 0 Å². The van der Waals surface area contributed by atoms with Crippen molar-refractivity contribution in [3.05, 3.63) is 99.4 Å². The lowest BCUT2D eigenvalue weighted by molar-refractivity contribution is 0.0951. The number of fused-ring (bicyclic) bond motifs is 3. The van der Waals surface area contributed by atoms with Gasteiger partial charge >= 0.3 is 5.63 Å². The van der Waals surface area contributed by atoms with E-state index in [4.69, 9.17) is 4.42 Å². The van der Waals surface area contributed by atoms with E-state index in [0.29, 0.717) is 23.1 Å². The molecule has 0 spiro atoms. The van der Waals surface area contributed by atoms with Gasteiger partial charge in [0.2, 0.25) is 0 Å². The summed E-state index contributed by atoms with van der Waals surface area (Å²) < 4.78 is 5.53. The Hall–Kier alpha value is -3.99. The molecule has 4 aromatic rings. The lowest BCUT2D eigenvalue weighted by atomic mass is 9.99. The summed E-state index contributed by atoms with van der Waals surface area (Å²) in [7, 11) is 0. The molecule has 5 heteroatoms. The number of hydrogen-bond donors (Lipinski definition) is 1. The van der Waals surface area contributed by atoms with E-state index in [2.05, 4.69) is 5.32 Å². The highest BCUT2D eigenvalue weighted by atomic mass is 16.4. The van der Waals surface area contributed by atoms with Gasteiger partial charge in [0.15, 0.2) is 5.78 Å². The van der Waals surface area contributed by atoms with Crippen LogP contribution in [0.4, 0.5) is 0 Å². The second-order valence-electron chi connectivity index (χ2n) is 7.30. The first-order valence-corrected chi connectivity index (χ1v) is 10.0. The van der Waals surface area contributed by atoms with E-state index in [0.717, 1.165) is 21.9 Å². The Labute approximate surface area is 179 Å². The van der Waals surface area contributed by atoms with Gasteiger partial charge in [0.25, 0.3) is 5.91 Å². The topological polar surface area (TPSA) is 76.4 Å². The maximum absolute atomic E-state index is 12.6. The van der Waals surface area contributed by atoms with Crippen molar-refractivity contribution in [2.24, 2.45) is 0 Å². The van der Waals surface area contributed by atoms with E-state index in [1.807, 2.05) is 49.4 Å². The van der Waals surface area contributed by atoms with E-state index >= 15 is 0 Å². The van der Waals surface area contributed by atoms with E-state index in [1.165, 1.54) is 12.1 Å². The van der Waals surface area contributed by atoms with Crippen molar-refractivity contribution in [1.29, 1.82) is 0 Å². The largest absolute Gasteiger partial charge is 0.421 e. The summed E-state index contributed by atoms with van der Waals surface area (Å²) in [4.78, 5) is 37.2. The van der Waals surface area contributed by atoms with Gasteiger partial charge in [0, 0.05) is 22.9 Å². The van der Waals surface area contributed by atoms with Crippen molar-refractivity contribution in [1.82, 2.24) is 5.32 Å². The number of nitrogens with one attached hydrogen (secondary N) is 1. The average molecular weight is 411 g/mol. The van der Waals surface area contributed by atoms with Crippen LogP contribution in [0, 0.1) is 6.92 Å². The fourth-order valence-electron chi connectivity index (χ4n) is 3.51. The smallest absolute Gasteiger partial charge is 0.349 e. The SMILES string of the molecule is CCNC(=O)c1cc2cc(/C=C/C(=O)c3ccc(C)cc3)c3ccccc3c2oc1=O. The molecule has 1 aromatic heterocycles. The molecule has 0 aliphatic carbocycles. The monoisotopic (exact) mass is 411 g/mol. The van der Waals surface area contributed by atoms with Crippen LogP contribution < -0.4 is 10.9 Å². The van der Waals surface area contributed by atoms with Crippen LogP contribution in [-0.4, -0.2) is 18.2 Å². The maximum atomic E-state index is 12.6. The molecule has 0 aliphatic rings. The minimum atomic E-state index is -0.679. The fourth-order valence-corrected chi connectivity index (χ4v) is 3.51. The number of rotatable bonds is 5. The zero-order valence-corrected chi connectivity index (χ0v) is 17.3. The molecule has 154 valence electrons. The van der Waals surface area contributed by atoms with Crippen molar-refractivity contribution in [2.75, 3.05) is 6.54 Å². The molecule has 31 heavy (non-hydrogen) atoms. The number of aryl methyl sites for hydroxylation is 1. The molecule has 0 unspecified atom stereocenters. The lowest BCUT2D eigenvalue weighted by Gasteiger charge is -2.08. The lowest BCUT2D eigenvalue weighted by Crippen LogP contribution is -2.27. The number of ketones is 1. The first-order valence-electron chi connectivity index (χ1n) is 10.0. The van der Waals surface area contributed by atoms with Gasteiger partial charge in [-0.1, -0.05) is 60.2 Å². The maximum Gasteiger partial charge on any atom is 0.349 e. The van der Waals surface area contributed by atoms with Crippen LogP contribution in [0.3, 0.4) is 0 Å². The van der Waals surface area contributed by atoms with Crippen LogP contribution in [0.15, 0.2) is 76.0 Å². The first kappa shape index (κ1) is 20.3. The summed E-state index contributed by atoms with van der Waals surface area (Å²) in [5, 5.41) is 4.82. The molecule has 0 aliphatic heterocycles. The molecule has 1 amide bonds. The Bertz CT molecular complexity index is 1400. The molecular formula is C26H21NO4. The standard InChI is InChI=1S/C26H21NO4/c1-3-27-25(29)22-15-19-14-18(12-13-23(28)17-10-8-16(2)9-11-17)20-6-4-5-7-21(20)24(19)31-26(22)30/h4-15H,3H2,1-2H3,(H,27,29)/b13-12+. The number of amides is 1. The van der Waals surface area contributed by atoms with Gasteiger partial charge in [-0.3, -0.25) is 9.59 Å². The van der Waals surface area contributed by atoms with Crippen molar-refractivity contribution in [2.45, 2.75) is 13.8 Å². The average Bonchev–Trinajstić information content (AvgIpc) is 2.77. The van der Waals surface area contributed by atoms with Gasteiger partial charge in [-0.15, -0.1) is 0 Å². The molecule has 0 atom stereocenters. The van der Waals surface area contributed by atoms with Gasteiger partial charge in [-0.2, -0.15) is 0 Å². The normalized spacial score (nSPS) is 11.3. The predicted octanol–water partition coefficient (Wildman–Crippen LogP) is 4.90. The Morgan fingerprint density at radius 1 is 1.00 bits per heavy atom. The third-order valence-electron chi connectivity index (χ3n) is 5.10. The van der Waals surface area contributed by atoms with E-state index < -0.39 is 11.5 Å². The minimum Gasteiger partial charge on any atom is -0.421 e. The van der Waals surface area contributed by atoms with Crippen LogP contribution in [0.1, 0.15) is 38.8 Å². The molecule has 0 bridgehead atoms. The van der Waals surface area contributed by atoms with Gasteiger partial charge in [-0.05, 0) is 43.0 Å². The second kappa shape index (κ2) is 8.40. The zero-order chi connectivity index (χ0) is 22.0. The first-order chi connectivity index (χ1) is 15.0. The van der Waals surface area contributed by atoms with Crippen molar-refractivity contribution < 1.29 is 14.0 Å². The minimum absolute atomic E-state index is 0.0460. The Morgan fingerprint density at radius 2 is 1.71 bits per heavy atom. The fraction of sp³-hybridized carbons (Fsp3) is 0.115. The van der Waals surface area contributed by atoms with Gasteiger partial charge in [-0.25, -0.2) is 4.79 Å². The van der Waals surface area contributed by atoms with E-state index in [-0.39, 0.29) is 11.3 Å². The number of carbonyl (C=O) groups is 2. The predicted molar refractivity (Wildman–Crippen MR) is 123 cm³/mol. The molecule has 1 N–H and O–H groups in total. The molecule has 0 fully saturated rings. The summed E-state index contributed by atoms with van der Waals surface area (Å²) in [6, 6.07) is 18.3. The third kappa shape index (κ3) is 4.03. The highest BCUT2D eigenvalue weighted by Crippen LogP contribution is 2.29. The molecule has 3 aromatic carbocycles. The molecule has 0 radical (unpaired) electrons. The summed E-state index contributed by atoms with van der Waals surface area (Å²) in [6.07, 6.45) is 3.28. The van der Waals surface area contributed by atoms with Crippen molar-refractivity contribution in [3.63, 3.8) is 0 Å². The highest BCUT2D eigenvalue weighted by molar-refractivity contribution is 6.12. The van der Waals surface area contributed by atoms with Gasteiger partial charge in [0.1, 0.15) is 11.1 Å². The molecule has 0 saturated carbocycles. The molecule has 1 heterocycles. The third-order valence-corrected chi connectivity index (χ3v) is 5.10. The van der Waals surface area contributed by atoms with E-state index in [9.17, 15) is 14.4 Å².